The lowest BCUT2D eigenvalue weighted by molar-refractivity contribution is -0.130. The molecule has 5 N–H and O–H groups in total. The Morgan fingerprint density at radius 2 is 1.51 bits per heavy atom. The summed E-state index contributed by atoms with van der Waals surface area (Å²) in [4.78, 5) is 49.8. The molecule has 10 nitrogen and oxygen atoms in total. The van der Waals surface area contributed by atoms with Crippen molar-refractivity contribution in [1.82, 2.24) is 26.6 Å². The van der Waals surface area contributed by atoms with Crippen LogP contribution in [0.25, 0.3) is 0 Å². The van der Waals surface area contributed by atoms with Gasteiger partial charge in [-0.05, 0) is 47.0 Å². The van der Waals surface area contributed by atoms with Gasteiger partial charge in [-0.25, -0.2) is 0 Å². The van der Waals surface area contributed by atoms with Crippen LogP contribution in [0, 0.1) is 6.92 Å². The Balaban J connectivity index is 1.35. The second-order valence-corrected chi connectivity index (χ2v) is 11.5. The highest BCUT2D eigenvalue weighted by atomic mass is 79.9. The maximum atomic E-state index is 12.9. The maximum absolute atomic E-state index is 12.9. The summed E-state index contributed by atoms with van der Waals surface area (Å²) in [5.41, 5.74) is 4.55. The highest BCUT2D eigenvalue weighted by Gasteiger charge is 2.21. The number of thiophene rings is 1. The van der Waals surface area contributed by atoms with Gasteiger partial charge in [-0.1, -0.05) is 70.5 Å². The van der Waals surface area contributed by atoms with Gasteiger partial charge in [-0.15, -0.1) is 11.3 Å². The first-order valence-electron chi connectivity index (χ1n) is 13.9. The largest absolute Gasteiger partial charge is 0.362 e. The zero-order valence-electron chi connectivity index (χ0n) is 24.1. The van der Waals surface area contributed by atoms with Gasteiger partial charge < -0.3 is 26.0 Å². The zero-order valence-corrected chi connectivity index (χ0v) is 26.5. The van der Waals surface area contributed by atoms with Gasteiger partial charge in [0.05, 0.1) is 31.8 Å². The highest BCUT2D eigenvalue weighted by Crippen LogP contribution is 2.17. The van der Waals surface area contributed by atoms with Gasteiger partial charge in [-0.2, -0.15) is 0 Å². The molecule has 2 aromatic carbocycles. The van der Waals surface area contributed by atoms with Gasteiger partial charge in [-0.3, -0.25) is 24.5 Å². The second kappa shape index (κ2) is 18.9. The maximum Gasteiger partial charge on any atom is 0.242 e. The Labute approximate surface area is 264 Å². The van der Waals surface area contributed by atoms with Gasteiger partial charge >= 0.3 is 0 Å². The standard InChI is InChI=1S/C31H38BrN5O5S/c1-22-13-26(20-43-22)14-24-7-9-25(10-8-24)19-42-21-33-11-12-34-31(41)27(15-23-5-3-2-4-6-23)37-30(40)18-36-29(39)17-35-28(38)16-32/h2-10,13,20,27,33H,11-12,14-19,21H2,1H3,(H,34,41)(H,35,38)(H,36,39)(H,37,40)/t27-/m0/s1. The molecule has 0 spiro atoms. The minimum absolute atomic E-state index is 0.0740. The van der Waals surface area contributed by atoms with Crippen LogP contribution in [0.2, 0.25) is 0 Å². The fraction of sp³-hybridized carbons (Fsp3) is 0.355. The average Bonchev–Trinajstić information content (AvgIpc) is 3.43. The van der Waals surface area contributed by atoms with Crippen LogP contribution < -0.4 is 26.6 Å². The topological polar surface area (TPSA) is 138 Å². The predicted octanol–water partition coefficient (Wildman–Crippen LogP) is 2.18. The normalized spacial score (nSPS) is 11.4. The summed E-state index contributed by atoms with van der Waals surface area (Å²) in [5, 5.41) is 15.8. The van der Waals surface area contributed by atoms with E-state index in [4.69, 9.17) is 4.74 Å². The fourth-order valence-electron chi connectivity index (χ4n) is 4.06. The van der Waals surface area contributed by atoms with Gasteiger partial charge in [0.1, 0.15) is 6.04 Å². The molecule has 1 aromatic heterocycles. The number of amides is 4. The number of halogens is 1. The minimum atomic E-state index is -0.831. The van der Waals surface area contributed by atoms with Gasteiger partial charge in [0, 0.05) is 24.4 Å². The Morgan fingerprint density at radius 1 is 0.814 bits per heavy atom. The first kappa shape index (κ1) is 33.9. The highest BCUT2D eigenvalue weighted by molar-refractivity contribution is 9.09. The fourth-order valence-corrected chi connectivity index (χ4v) is 4.97. The first-order chi connectivity index (χ1) is 20.8. The van der Waals surface area contributed by atoms with E-state index in [1.807, 2.05) is 30.3 Å². The summed E-state index contributed by atoms with van der Waals surface area (Å²) in [6.45, 7) is 3.16. The molecule has 0 fully saturated rings. The number of carbonyl (C=O) groups is 4. The molecular formula is C31H38BrN5O5S. The zero-order chi connectivity index (χ0) is 30.9. The van der Waals surface area contributed by atoms with Crippen LogP contribution in [0.1, 0.15) is 27.1 Å². The quantitative estimate of drug-likeness (QED) is 0.0799. The van der Waals surface area contributed by atoms with Crippen molar-refractivity contribution < 1.29 is 23.9 Å². The third-order valence-corrected chi connectivity index (χ3v) is 7.66. The number of rotatable bonds is 18. The molecule has 0 saturated carbocycles. The molecule has 0 aliphatic carbocycles. The Hall–Kier alpha value is -3.58. The van der Waals surface area contributed by atoms with Gasteiger partial charge in [0.25, 0.3) is 0 Å². The third kappa shape index (κ3) is 13.5. The van der Waals surface area contributed by atoms with E-state index in [1.165, 1.54) is 16.0 Å². The smallest absolute Gasteiger partial charge is 0.242 e. The van der Waals surface area contributed by atoms with E-state index in [0.29, 0.717) is 26.4 Å². The molecule has 3 aromatic rings. The van der Waals surface area contributed by atoms with E-state index >= 15 is 0 Å². The number of hydrogen-bond acceptors (Lipinski definition) is 7. The van der Waals surface area contributed by atoms with E-state index in [-0.39, 0.29) is 36.7 Å². The summed E-state index contributed by atoms with van der Waals surface area (Å²) in [6, 6.07) is 19.1. The van der Waals surface area contributed by atoms with Crippen molar-refractivity contribution >= 4 is 50.9 Å². The van der Waals surface area contributed by atoms with Crippen molar-refractivity contribution in [3.63, 3.8) is 0 Å². The van der Waals surface area contributed by atoms with Crippen LogP contribution in [0.3, 0.4) is 0 Å². The van der Waals surface area contributed by atoms with Gasteiger partial charge in [0.2, 0.25) is 23.6 Å². The van der Waals surface area contributed by atoms with E-state index in [2.05, 4.69) is 85.1 Å². The van der Waals surface area contributed by atoms with Crippen LogP contribution in [-0.2, 0) is 43.4 Å². The van der Waals surface area contributed by atoms with Crippen LogP contribution >= 0.6 is 27.3 Å². The molecule has 4 amide bonds. The number of benzene rings is 2. The molecule has 43 heavy (non-hydrogen) atoms. The molecular weight excluding hydrogens is 634 g/mol. The van der Waals surface area contributed by atoms with Crippen molar-refractivity contribution in [2.75, 3.05) is 38.2 Å². The Kier molecular flexibility index (Phi) is 14.9. The van der Waals surface area contributed by atoms with E-state index in [1.54, 1.807) is 11.3 Å². The molecule has 1 atom stereocenters. The van der Waals surface area contributed by atoms with E-state index in [0.717, 1.165) is 17.5 Å². The summed E-state index contributed by atoms with van der Waals surface area (Å²) >= 11 is 4.76. The van der Waals surface area contributed by atoms with Crippen molar-refractivity contribution in [1.29, 1.82) is 0 Å². The van der Waals surface area contributed by atoms with Crippen molar-refractivity contribution in [3.05, 3.63) is 93.2 Å². The number of aryl methyl sites for hydroxylation is 1. The van der Waals surface area contributed by atoms with E-state index in [9.17, 15) is 19.2 Å². The molecule has 1 heterocycles. The Morgan fingerprint density at radius 3 is 2.21 bits per heavy atom. The lowest BCUT2D eigenvalue weighted by Crippen LogP contribution is -2.51. The number of alkyl halides is 1. The van der Waals surface area contributed by atoms with Crippen LogP contribution in [-0.4, -0.2) is 67.9 Å². The lowest BCUT2D eigenvalue weighted by Gasteiger charge is -2.19. The number of ether oxygens (including phenoxy) is 1. The summed E-state index contributed by atoms with van der Waals surface area (Å²) in [7, 11) is 0. The lowest BCUT2D eigenvalue weighted by atomic mass is 10.1. The molecule has 0 aliphatic rings. The molecule has 3 rings (SSSR count). The third-order valence-electron chi connectivity index (χ3n) is 6.24. The molecule has 0 unspecified atom stereocenters. The van der Waals surface area contributed by atoms with Crippen molar-refractivity contribution in [3.8, 4) is 0 Å². The van der Waals surface area contributed by atoms with E-state index < -0.39 is 17.9 Å². The summed E-state index contributed by atoms with van der Waals surface area (Å²) in [5.74, 6) is -1.71. The molecule has 12 heteroatoms. The van der Waals surface area contributed by atoms with Crippen LogP contribution in [0.5, 0.6) is 0 Å². The first-order valence-corrected chi connectivity index (χ1v) is 15.9. The minimum Gasteiger partial charge on any atom is -0.362 e. The number of nitrogens with one attached hydrogen (secondary N) is 5. The molecule has 0 radical (unpaired) electrons. The molecule has 0 bridgehead atoms. The van der Waals surface area contributed by atoms with Crippen molar-refractivity contribution in [2.24, 2.45) is 0 Å². The SMILES string of the molecule is Cc1cc(Cc2ccc(COCNCCNC(=O)[C@H](Cc3ccccc3)NC(=O)CNC(=O)CNC(=O)CBr)cc2)cs1. The van der Waals surface area contributed by atoms with Crippen molar-refractivity contribution in [2.45, 2.75) is 32.4 Å². The molecule has 230 valence electrons. The molecule has 0 saturated heterocycles. The number of hydrogen-bond donors (Lipinski definition) is 5. The Bertz CT molecular complexity index is 1320. The molecule has 0 aliphatic heterocycles. The number of carbonyl (C=O) groups excluding carboxylic acids is 4. The summed E-state index contributed by atoms with van der Waals surface area (Å²) < 4.78 is 5.71. The average molecular weight is 673 g/mol. The summed E-state index contributed by atoms with van der Waals surface area (Å²) in [6.07, 6.45) is 1.21. The van der Waals surface area contributed by atoms with Crippen LogP contribution in [0.4, 0.5) is 0 Å². The van der Waals surface area contributed by atoms with Gasteiger partial charge in [0.15, 0.2) is 0 Å². The predicted molar refractivity (Wildman–Crippen MR) is 171 cm³/mol. The van der Waals surface area contributed by atoms with Crippen LogP contribution in [0.15, 0.2) is 66.0 Å². The monoisotopic (exact) mass is 671 g/mol. The second-order valence-electron chi connectivity index (χ2n) is 9.84.